The SMILES string of the molecule is C#Cc1cccc(C(=O)O)c1-n1ccnc1.c1cc2cc-2c1. The van der Waals surface area contributed by atoms with Gasteiger partial charge in [0.15, 0.2) is 0 Å². The molecule has 106 valence electrons. The third-order valence-electron chi connectivity index (χ3n) is 3.30. The van der Waals surface area contributed by atoms with E-state index in [1.54, 1.807) is 29.1 Å². The molecule has 0 saturated carbocycles. The van der Waals surface area contributed by atoms with Crippen molar-refractivity contribution in [1.29, 1.82) is 0 Å². The normalized spacial score (nSPS) is 10.1. The van der Waals surface area contributed by atoms with Gasteiger partial charge in [-0.3, -0.25) is 0 Å². The molecule has 0 bridgehead atoms. The zero-order valence-corrected chi connectivity index (χ0v) is 11.6. The summed E-state index contributed by atoms with van der Waals surface area (Å²) in [6, 6.07) is 13.3. The minimum Gasteiger partial charge on any atom is -0.478 e. The summed E-state index contributed by atoms with van der Waals surface area (Å²) in [6.45, 7) is 0. The van der Waals surface area contributed by atoms with Gasteiger partial charge < -0.3 is 9.67 Å². The molecular weight excluding hydrogens is 276 g/mol. The fraction of sp³-hybridized carbons (Fsp3) is 0. The van der Waals surface area contributed by atoms with E-state index in [4.69, 9.17) is 11.5 Å². The molecule has 0 unspecified atom stereocenters. The fourth-order valence-electron chi connectivity index (χ4n) is 2.18. The largest absolute Gasteiger partial charge is 0.478 e. The molecule has 0 saturated heterocycles. The highest BCUT2D eigenvalue weighted by molar-refractivity contribution is 5.93. The zero-order chi connectivity index (χ0) is 15.5. The Labute approximate surface area is 127 Å². The summed E-state index contributed by atoms with van der Waals surface area (Å²) in [5.74, 6) is 1.45. The molecule has 0 radical (unpaired) electrons. The lowest BCUT2D eigenvalue weighted by atomic mass is 10.1. The number of para-hydroxylation sites is 1. The summed E-state index contributed by atoms with van der Waals surface area (Å²) in [5, 5.41) is 9.08. The number of fused-ring (bicyclic) bond motifs is 1. The number of carbonyl (C=O) groups is 1. The highest BCUT2D eigenvalue weighted by Gasteiger charge is 2.14. The Morgan fingerprint density at radius 1 is 1.18 bits per heavy atom. The first-order valence-electron chi connectivity index (χ1n) is 6.62. The van der Waals surface area contributed by atoms with E-state index in [0.717, 1.165) is 0 Å². The fourth-order valence-corrected chi connectivity index (χ4v) is 2.18. The van der Waals surface area contributed by atoms with Crippen molar-refractivity contribution in [3.63, 3.8) is 0 Å². The van der Waals surface area contributed by atoms with Gasteiger partial charge in [0.25, 0.3) is 0 Å². The Hall–Kier alpha value is -3.32. The summed E-state index contributed by atoms with van der Waals surface area (Å²) in [6.07, 6.45) is 10.1. The van der Waals surface area contributed by atoms with Crippen molar-refractivity contribution in [3.8, 4) is 29.2 Å². The van der Waals surface area contributed by atoms with E-state index in [1.165, 1.54) is 23.5 Å². The number of hydrogen-bond acceptors (Lipinski definition) is 2. The second-order valence-corrected chi connectivity index (χ2v) is 4.70. The van der Waals surface area contributed by atoms with Crippen LogP contribution in [0.25, 0.3) is 16.8 Å². The summed E-state index contributed by atoms with van der Waals surface area (Å²) < 4.78 is 1.60. The van der Waals surface area contributed by atoms with Crippen LogP contribution in [-0.4, -0.2) is 20.6 Å². The van der Waals surface area contributed by atoms with Crippen molar-refractivity contribution in [1.82, 2.24) is 9.55 Å². The summed E-state index contributed by atoms with van der Waals surface area (Å²) in [7, 11) is 0. The molecule has 1 aromatic heterocycles. The molecule has 1 N–H and O–H groups in total. The van der Waals surface area contributed by atoms with Gasteiger partial charge in [0.1, 0.15) is 0 Å². The third kappa shape index (κ3) is 2.60. The topological polar surface area (TPSA) is 55.1 Å². The van der Waals surface area contributed by atoms with Gasteiger partial charge in [-0.25, -0.2) is 9.78 Å². The van der Waals surface area contributed by atoms with Gasteiger partial charge in [-0.15, -0.1) is 6.42 Å². The molecule has 0 spiro atoms. The predicted octanol–water partition coefficient (Wildman–Crippen LogP) is 3.22. The van der Waals surface area contributed by atoms with Crippen molar-refractivity contribution < 1.29 is 9.90 Å². The van der Waals surface area contributed by atoms with Gasteiger partial charge in [-0.05, 0) is 29.3 Å². The summed E-state index contributed by atoms with van der Waals surface area (Å²) in [5.41, 5.74) is 4.01. The standard InChI is InChI=1S/C12H8N2O2.C6H4/c1-2-9-4-3-5-10(12(15)16)11(9)14-7-6-13-8-14;1-2-5-4-6(5)3-1/h1,3-8H,(H,15,16);1-4H. The van der Waals surface area contributed by atoms with Crippen LogP contribution in [0.1, 0.15) is 15.9 Å². The third-order valence-corrected chi connectivity index (χ3v) is 3.30. The van der Waals surface area contributed by atoms with E-state index < -0.39 is 5.97 Å². The first-order valence-corrected chi connectivity index (χ1v) is 6.62. The van der Waals surface area contributed by atoms with E-state index in [-0.39, 0.29) is 5.56 Å². The molecule has 0 atom stereocenters. The number of carboxylic acid groups (broad SMARTS) is 1. The number of imidazole rings is 1. The number of aromatic carboxylic acids is 1. The van der Waals surface area contributed by atoms with Crippen LogP contribution in [-0.2, 0) is 0 Å². The number of hydrogen-bond donors (Lipinski definition) is 1. The van der Waals surface area contributed by atoms with Gasteiger partial charge in [0.2, 0.25) is 0 Å². The summed E-state index contributed by atoms with van der Waals surface area (Å²) >= 11 is 0. The zero-order valence-electron chi connectivity index (χ0n) is 11.6. The van der Waals surface area contributed by atoms with Crippen molar-refractivity contribution >= 4 is 5.97 Å². The van der Waals surface area contributed by atoms with Crippen LogP contribution in [0.2, 0.25) is 0 Å². The number of nitrogens with zero attached hydrogens (tertiary/aromatic N) is 2. The van der Waals surface area contributed by atoms with E-state index in [9.17, 15) is 4.79 Å². The van der Waals surface area contributed by atoms with Crippen LogP contribution in [0.4, 0.5) is 0 Å². The molecule has 0 amide bonds. The predicted molar refractivity (Wildman–Crippen MR) is 83.9 cm³/mol. The Morgan fingerprint density at radius 3 is 2.36 bits per heavy atom. The van der Waals surface area contributed by atoms with Crippen LogP contribution in [0.15, 0.2) is 61.2 Å². The van der Waals surface area contributed by atoms with Crippen molar-refractivity contribution in [2.75, 3.05) is 0 Å². The second-order valence-electron chi connectivity index (χ2n) is 4.70. The molecule has 4 heteroatoms. The summed E-state index contributed by atoms with van der Waals surface area (Å²) in [4.78, 5) is 15.0. The maximum Gasteiger partial charge on any atom is 0.337 e. The first-order chi connectivity index (χ1) is 10.7. The number of benzene rings is 2. The smallest absolute Gasteiger partial charge is 0.337 e. The monoisotopic (exact) mass is 288 g/mol. The molecule has 1 heterocycles. The van der Waals surface area contributed by atoms with Crippen molar-refractivity contribution in [2.24, 2.45) is 0 Å². The Bertz CT molecular complexity index is 857. The Balaban J connectivity index is 0.000000196. The average molecular weight is 288 g/mol. The number of carboxylic acids is 1. The van der Waals surface area contributed by atoms with Gasteiger partial charge in [-0.2, -0.15) is 0 Å². The van der Waals surface area contributed by atoms with Gasteiger partial charge >= 0.3 is 5.97 Å². The molecule has 2 aromatic rings. The highest BCUT2D eigenvalue weighted by atomic mass is 16.4. The molecule has 0 fully saturated rings. The minimum atomic E-state index is -1.01. The minimum absolute atomic E-state index is 0.161. The molecule has 22 heavy (non-hydrogen) atoms. The lowest BCUT2D eigenvalue weighted by molar-refractivity contribution is 0.0697. The van der Waals surface area contributed by atoms with Crippen LogP contribution < -0.4 is 0 Å². The second kappa shape index (κ2) is 5.58. The maximum atomic E-state index is 11.1. The molecule has 1 aromatic carbocycles. The molecule has 0 aliphatic heterocycles. The lowest BCUT2D eigenvalue weighted by Crippen LogP contribution is -2.06. The quantitative estimate of drug-likeness (QED) is 0.576. The average Bonchev–Trinajstić information content (AvgIpc) is 2.97. The molecule has 4 rings (SSSR count). The molecule has 2 aliphatic carbocycles. The van der Waals surface area contributed by atoms with Gasteiger partial charge in [0, 0.05) is 18.0 Å². The maximum absolute atomic E-state index is 11.1. The van der Waals surface area contributed by atoms with Crippen LogP contribution in [0.5, 0.6) is 0 Å². The van der Waals surface area contributed by atoms with Crippen molar-refractivity contribution in [3.05, 3.63) is 72.3 Å². The number of rotatable bonds is 2. The van der Waals surface area contributed by atoms with Crippen LogP contribution in [0, 0.1) is 12.3 Å². The molecular formula is C18H12N2O2. The van der Waals surface area contributed by atoms with Crippen molar-refractivity contribution in [2.45, 2.75) is 0 Å². The van der Waals surface area contributed by atoms with E-state index in [0.29, 0.717) is 11.3 Å². The first kappa shape index (κ1) is 13.7. The molecule has 2 aliphatic rings. The van der Waals surface area contributed by atoms with E-state index >= 15 is 0 Å². The van der Waals surface area contributed by atoms with E-state index in [1.807, 2.05) is 0 Å². The number of terminal acetylenes is 1. The van der Waals surface area contributed by atoms with Gasteiger partial charge in [0.05, 0.1) is 17.6 Å². The van der Waals surface area contributed by atoms with Gasteiger partial charge in [-0.1, -0.05) is 30.2 Å². The number of aromatic nitrogens is 2. The Kier molecular flexibility index (Phi) is 3.47. The van der Waals surface area contributed by atoms with Crippen LogP contribution in [0.3, 0.4) is 0 Å². The lowest BCUT2D eigenvalue weighted by Gasteiger charge is -2.09. The highest BCUT2D eigenvalue weighted by Crippen LogP contribution is 2.32. The Morgan fingerprint density at radius 2 is 1.91 bits per heavy atom. The molecule has 4 nitrogen and oxygen atoms in total. The van der Waals surface area contributed by atoms with E-state index in [2.05, 4.69) is 35.2 Å². The van der Waals surface area contributed by atoms with Crippen LogP contribution >= 0.6 is 0 Å².